The molecule has 5 heteroatoms. The van der Waals surface area contributed by atoms with Crippen molar-refractivity contribution in [3.63, 3.8) is 0 Å². The number of hydrogen-bond acceptors (Lipinski definition) is 5. The number of carbonyl (C=O) groups is 2. The highest BCUT2D eigenvalue weighted by Gasteiger charge is 2.11. The van der Waals surface area contributed by atoms with Crippen LogP contribution in [-0.4, -0.2) is 38.4 Å². The molecule has 0 aliphatic rings. The number of hydrogen-bond donors (Lipinski definition) is 0. The maximum Gasteiger partial charge on any atom is 0.332 e. The van der Waals surface area contributed by atoms with Gasteiger partial charge >= 0.3 is 11.9 Å². The minimum absolute atomic E-state index is 0.208. The van der Waals surface area contributed by atoms with Gasteiger partial charge in [0.15, 0.2) is 0 Å². The van der Waals surface area contributed by atoms with Crippen LogP contribution < -0.4 is 0 Å². The molecule has 0 aromatic carbocycles. The summed E-state index contributed by atoms with van der Waals surface area (Å²) < 4.78 is 15.2. The summed E-state index contributed by atoms with van der Waals surface area (Å²) in [7, 11) is 0. The monoisotopic (exact) mass is 302 g/mol. The van der Waals surface area contributed by atoms with Gasteiger partial charge in [0.1, 0.15) is 13.2 Å². The molecule has 0 saturated heterocycles. The Morgan fingerprint density at radius 3 is 1.33 bits per heavy atom. The SMILES string of the molecule is CCC(CC)COC(=O)COCC(=O)OCC(CC)CC. The summed E-state index contributed by atoms with van der Waals surface area (Å²) in [6.45, 7) is 8.66. The zero-order valence-electron chi connectivity index (χ0n) is 13.9. The molecule has 0 bridgehead atoms. The van der Waals surface area contributed by atoms with E-state index in [1.165, 1.54) is 0 Å². The van der Waals surface area contributed by atoms with Gasteiger partial charge in [-0.2, -0.15) is 0 Å². The Kier molecular flexibility index (Phi) is 12.0. The van der Waals surface area contributed by atoms with Gasteiger partial charge < -0.3 is 14.2 Å². The first-order chi connectivity index (χ1) is 10.1. The minimum atomic E-state index is -0.435. The number of ether oxygens (including phenoxy) is 3. The highest BCUT2D eigenvalue weighted by atomic mass is 16.6. The summed E-state index contributed by atoms with van der Waals surface area (Å²) in [6, 6.07) is 0. The van der Waals surface area contributed by atoms with E-state index < -0.39 is 11.9 Å². The molecule has 0 aliphatic carbocycles. The molecule has 0 radical (unpaired) electrons. The quantitative estimate of drug-likeness (QED) is 0.519. The van der Waals surface area contributed by atoms with Gasteiger partial charge in [0.2, 0.25) is 0 Å². The van der Waals surface area contributed by atoms with E-state index in [4.69, 9.17) is 14.2 Å². The van der Waals surface area contributed by atoms with Crippen LogP contribution in [0.25, 0.3) is 0 Å². The van der Waals surface area contributed by atoms with E-state index in [0.29, 0.717) is 25.0 Å². The van der Waals surface area contributed by atoms with Crippen LogP contribution >= 0.6 is 0 Å². The highest BCUT2D eigenvalue weighted by Crippen LogP contribution is 2.08. The van der Waals surface area contributed by atoms with Crippen LogP contribution in [-0.2, 0) is 23.8 Å². The molecule has 0 rings (SSSR count). The predicted molar refractivity (Wildman–Crippen MR) is 80.9 cm³/mol. The molecule has 0 aromatic heterocycles. The lowest BCUT2D eigenvalue weighted by atomic mass is 10.1. The van der Waals surface area contributed by atoms with Gasteiger partial charge in [0, 0.05) is 0 Å². The van der Waals surface area contributed by atoms with Crippen LogP contribution in [0.15, 0.2) is 0 Å². The number of esters is 2. The van der Waals surface area contributed by atoms with Gasteiger partial charge in [-0.05, 0) is 11.8 Å². The van der Waals surface area contributed by atoms with Crippen molar-refractivity contribution >= 4 is 11.9 Å². The third-order valence-corrected chi connectivity index (χ3v) is 3.71. The number of carbonyl (C=O) groups excluding carboxylic acids is 2. The molecule has 21 heavy (non-hydrogen) atoms. The van der Waals surface area contributed by atoms with Crippen molar-refractivity contribution in [1.82, 2.24) is 0 Å². The van der Waals surface area contributed by atoms with E-state index >= 15 is 0 Å². The van der Waals surface area contributed by atoms with Gasteiger partial charge in [-0.1, -0.05) is 53.4 Å². The molecule has 0 spiro atoms. The van der Waals surface area contributed by atoms with Crippen LogP contribution in [0.1, 0.15) is 53.4 Å². The molecule has 0 aromatic rings. The third-order valence-electron chi connectivity index (χ3n) is 3.71. The van der Waals surface area contributed by atoms with Crippen LogP contribution in [0.5, 0.6) is 0 Å². The van der Waals surface area contributed by atoms with Crippen LogP contribution in [0, 0.1) is 11.8 Å². The largest absolute Gasteiger partial charge is 0.464 e. The highest BCUT2D eigenvalue weighted by molar-refractivity contribution is 5.73. The summed E-state index contributed by atoms with van der Waals surface area (Å²) >= 11 is 0. The fraction of sp³-hybridized carbons (Fsp3) is 0.875. The fourth-order valence-electron chi connectivity index (χ4n) is 1.77. The van der Waals surface area contributed by atoms with Gasteiger partial charge in [0.25, 0.3) is 0 Å². The van der Waals surface area contributed by atoms with E-state index in [1.807, 2.05) is 0 Å². The van der Waals surface area contributed by atoms with Crippen molar-refractivity contribution < 1.29 is 23.8 Å². The Morgan fingerprint density at radius 1 is 0.714 bits per heavy atom. The molecule has 0 fully saturated rings. The zero-order valence-corrected chi connectivity index (χ0v) is 13.9. The van der Waals surface area contributed by atoms with Crippen molar-refractivity contribution in [2.45, 2.75) is 53.4 Å². The fourth-order valence-corrected chi connectivity index (χ4v) is 1.77. The van der Waals surface area contributed by atoms with Crippen LogP contribution in [0.3, 0.4) is 0 Å². The zero-order chi connectivity index (χ0) is 16.1. The molecule has 5 nitrogen and oxygen atoms in total. The van der Waals surface area contributed by atoms with E-state index in [9.17, 15) is 9.59 Å². The second-order valence-corrected chi connectivity index (χ2v) is 5.22. The first-order valence-electron chi connectivity index (χ1n) is 7.96. The molecule has 0 heterocycles. The summed E-state index contributed by atoms with van der Waals surface area (Å²) in [5, 5.41) is 0. The Hall–Kier alpha value is -1.10. The molecule has 124 valence electrons. The van der Waals surface area contributed by atoms with E-state index in [2.05, 4.69) is 27.7 Å². The summed E-state index contributed by atoms with van der Waals surface area (Å²) in [5.74, 6) is -0.0951. The Bertz CT molecular complexity index is 254. The van der Waals surface area contributed by atoms with E-state index in [-0.39, 0.29) is 13.2 Å². The van der Waals surface area contributed by atoms with Crippen molar-refractivity contribution in [1.29, 1.82) is 0 Å². The molecule has 0 saturated carbocycles. The molecular formula is C16H30O5. The lowest BCUT2D eigenvalue weighted by Gasteiger charge is -2.13. The lowest BCUT2D eigenvalue weighted by Crippen LogP contribution is -2.22. The normalized spacial score (nSPS) is 11.0. The minimum Gasteiger partial charge on any atom is -0.464 e. The van der Waals surface area contributed by atoms with Crippen LogP contribution in [0.4, 0.5) is 0 Å². The summed E-state index contributed by atoms with van der Waals surface area (Å²) in [4.78, 5) is 22.8. The summed E-state index contributed by atoms with van der Waals surface area (Å²) in [6.07, 6.45) is 3.92. The molecule has 0 aliphatic heterocycles. The average molecular weight is 302 g/mol. The predicted octanol–water partition coefficient (Wildman–Crippen LogP) is 2.96. The Balaban J connectivity index is 3.68. The molecule has 0 N–H and O–H groups in total. The van der Waals surface area contributed by atoms with Crippen molar-refractivity contribution in [2.24, 2.45) is 11.8 Å². The molecule has 0 amide bonds. The maximum atomic E-state index is 11.4. The standard InChI is InChI=1S/C16H30O5/c1-5-13(6-2)9-20-15(17)11-19-12-16(18)21-10-14(7-3)8-4/h13-14H,5-12H2,1-4H3. The van der Waals surface area contributed by atoms with Gasteiger partial charge in [-0.25, -0.2) is 9.59 Å². The second kappa shape index (κ2) is 12.6. The topological polar surface area (TPSA) is 61.8 Å². The Morgan fingerprint density at radius 2 is 1.05 bits per heavy atom. The Labute approximate surface area is 128 Å². The second-order valence-electron chi connectivity index (χ2n) is 5.22. The van der Waals surface area contributed by atoms with Crippen LogP contribution in [0.2, 0.25) is 0 Å². The summed E-state index contributed by atoms with van der Waals surface area (Å²) in [5.41, 5.74) is 0. The smallest absolute Gasteiger partial charge is 0.332 e. The molecule has 0 unspecified atom stereocenters. The molecule has 0 atom stereocenters. The first-order valence-corrected chi connectivity index (χ1v) is 7.96. The van der Waals surface area contributed by atoms with E-state index in [0.717, 1.165) is 25.7 Å². The van der Waals surface area contributed by atoms with Crippen molar-refractivity contribution in [3.05, 3.63) is 0 Å². The van der Waals surface area contributed by atoms with Gasteiger partial charge in [-0.3, -0.25) is 0 Å². The third kappa shape index (κ3) is 10.3. The van der Waals surface area contributed by atoms with Crippen molar-refractivity contribution in [3.8, 4) is 0 Å². The number of rotatable bonds is 12. The maximum absolute atomic E-state index is 11.4. The average Bonchev–Trinajstić information content (AvgIpc) is 2.49. The van der Waals surface area contributed by atoms with E-state index in [1.54, 1.807) is 0 Å². The van der Waals surface area contributed by atoms with Crippen molar-refractivity contribution in [2.75, 3.05) is 26.4 Å². The first kappa shape index (κ1) is 19.9. The molecular weight excluding hydrogens is 272 g/mol. The lowest BCUT2D eigenvalue weighted by molar-refractivity contribution is -0.157. The van der Waals surface area contributed by atoms with Gasteiger partial charge in [0.05, 0.1) is 13.2 Å². The van der Waals surface area contributed by atoms with Gasteiger partial charge in [-0.15, -0.1) is 0 Å².